The zero-order valence-corrected chi connectivity index (χ0v) is 15.8. The zero-order valence-electron chi connectivity index (χ0n) is 15.0. The number of rotatable bonds is 3. The molecule has 0 atom stereocenters. The van der Waals surface area contributed by atoms with Gasteiger partial charge in [0.2, 0.25) is 11.8 Å². The van der Waals surface area contributed by atoms with E-state index in [1.165, 1.54) is 36.7 Å². The molecule has 1 N–H and O–H groups in total. The minimum absolute atomic E-state index is 0.114. The average Bonchev–Trinajstić information content (AvgIpc) is 3.31. The Labute approximate surface area is 157 Å². The van der Waals surface area contributed by atoms with Crippen LogP contribution < -0.4 is 10.2 Å². The van der Waals surface area contributed by atoms with Crippen LogP contribution in [0.3, 0.4) is 0 Å². The van der Waals surface area contributed by atoms with E-state index in [2.05, 4.69) is 22.4 Å². The number of nitrogens with one attached hydrogen (secondary N) is 1. The molecule has 6 heteroatoms. The van der Waals surface area contributed by atoms with Crippen LogP contribution in [-0.4, -0.2) is 23.3 Å². The highest BCUT2D eigenvalue weighted by atomic mass is 32.1. The van der Waals surface area contributed by atoms with Crippen molar-refractivity contribution in [3.63, 3.8) is 0 Å². The van der Waals surface area contributed by atoms with Crippen molar-refractivity contribution in [2.45, 2.75) is 45.4 Å². The number of fused-ring (bicyclic) bond motifs is 1. The second-order valence-electron chi connectivity index (χ2n) is 7.14. The topological polar surface area (TPSA) is 62.3 Å². The molecule has 1 saturated carbocycles. The Balaban J connectivity index is 1.59. The van der Waals surface area contributed by atoms with E-state index in [0.29, 0.717) is 11.0 Å². The summed E-state index contributed by atoms with van der Waals surface area (Å²) in [5.74, 6) is 0.398. The Kier molecular flexibility index (Phi) is 4.76. The molecule has 26 heavy (non-hydrogen) atoms. The molecular weight excluding hydrogens is 346 g/mol. The molecule has 1 aliphatic carbocycles. The van der Waals surface area contributed by atoms with Gasteiger partial charge in [-0.05, 0) is 43.4 Å². The molecule has 1 aromatic carbocycles. The first-order valence-corrected chi connectivity index (χ1v) is 10.2. The maximum atomic E-state index is 12.9. The van der Waals surface area contributed by atoms with E-state index >= 15 is 0 Å². The van der Waals surface area contributed by atoms with Crippen LogP contribution in [0.2, 0.25) is 0 Å². The van der Waals surface area contributed by atoms with Gasteiger partial charge in [0, 0.05) is 36.0 Å². The zero-order chi connectivity index (χ0) is 18.1. The fraction of sp³-hybridized carbons (Fsp3) is 0.450. The van der Waals surface area contributed by atoms with Gasteiger partial charge < -0.3 is 10.2 Å². The summed E-state index contributed by atoms with van der Waals surface area (Å²) in [7, 11) is 0. The van der Waals surface area contributed by atoms with Crippen LogP contribution in [0.1, 0.15) is 44.6 Å². The molecule has 2 heterocycles. The lowest BCUT2D eigenvalue weighted by Gasteiger charge is -2.31. The molecule has 2 aliphatic rings. The van der Waals surface area contributed by atoms with Gasteiger partial charge in [0.15, 0.2) is 5.13 Å². The van der Waals surface area contributed by atoms with Gasteiger partial charge in [-0.3, -0.25) is 9.59 Å². The van der Waals surface area contributed by atoms with Crippen molar-refractivity contribution in [3.8, 4) is 11.3 Å². The molecule has 0 radical (unpaired) electrons. The molecule has 1 aliphatic heterocycles. The van der Waals surface area contributed by atoms with Crippen molar-refractivity contribution in [3.05, 3.63) is 29.1 Å². The fourth-order valence-electron chi connectivity index (χ4n) is 3.99. The first kappa shape index (κ1) is 17.2. The summed E-state index contributed by atoms with van der Waals surface area (Å²) in [6.45, 7) is 2.31. The molecule has 2 amide bonds. The lowest BCUT2D eigenvalue weighted by atomic mass is 9.96. The summed E-state index contributed by atoms with van der Waals surface area (Å²) >= 11 is 1.42. The third-order valence-electron chi connectivity index (χ3n) is 5.25. The van der Waals surface area contributed by atoms with Gasteiger partial charge >= 0.3 is 0 Å². The number of amides is 2. The highest BCUT2D eigenvalue weighted by Crippen LogP contribution is 2.35. The van der Waals surface area contributed by atoms with Gasteiger partial charge in [-0.1, -0.05) is 18.9 Å². The van der Waals surface area contributed by atoms with E-state index in [0.717, 1.165) is 49.2 Å². The predicted octanol–water partition coefficient (Wildman–Crippen LogP) is 4.24. The third-order valence-corrected chi connectivity index (χ3v) is 6.01. The first-order chi connectivity index (χ1) is 12.6. The Morgan fingerprint density at radius 1 is 1.23 bits per heavy atom. The number of aryl methyl sites for hydroxylation is 1. The summed E-state index contributed by atoms with van der Waals surface area (Å²) in [5.41, 5.74) is 4.18. The second kappa shape index (κ2) is 7.19. The summed E-state index contributed by atoms with van der Waals surface area (Å²) in [6, 6.07) is 6.25. The second-order valence-corrected chi connectivity index (χ2v) is 8.00. The van der Waals surface area contributed by atoms with Crippen molar-refractivity contribution in [1.82, 2.24) is 4.98 Å². The van der Waals surface area contributed by atoms with Crippen LogP contribution in [-0.2, 0) is 16.0 Å². The Hall–Kier alpha value is -2.21. The Morgan fingerprint density at radius 3 is 2.81 bits per heavy atom. The van der Waals surface area contributed by atoms with Gasteiger partial charge in [-0.25, -0.2) is 4.98 Å². The van der Waals surface area contributed by atoms with Gasteiger partial charge in [-0.15, -0.1) is 11.3 Å². The number of thiazole rings is 1. The van der Waals surface area contributed by atoms with Gasteiger partial charge in [0.1, 0.15) is 0 Å². The molecule has 1 fully saturated rings. The Morgan fingerprint density at radius 2 is 2.04 bits per heavy atom. The van der Waals surface area contributed by atoms with Crippen molar-refractivity contribution in [2.75, 3.05) is 16.8 Å². The monoisotopic (exact) mass is 369 g/mol. The van der Waals surface area contributed by atoms with Crippen molar-refractivity contribution >= 4 is 34.0 Å². The summed E-state index contributed by atoms with van der Waals surface area (Å²) in [5, 5.41) is 5.30. The molecule has 4 rings (SSSR count). The molecule has 0 spiro atoms. The van der Waals surface area contributed by atoms with E-state index in [4.69, 9.17) is 0 Å². The van der Waals surface area contributed by atoms with Gasteiger partial charge in [0.25, 0.3) is 0 Å². The number of hydrogen-bond acceptors (Lipinski definition) is 4. The lowest BCUT2D eigenvalue weighted by Crippen LogP contribution is -2.39. The normalized spacial score (nSPS) is 17.2. The molecule has 0 unspecified atom stereocenters. The van der Waals surface area contributed by atoms with Crippen molar-refractivity contribution < 1.29 is 9.59 Å². The van der Waals surface area contributed by atoms with Crippen LogP contribution in [0.25, 0.3) is 11.3 Å². The molecule has 2 aromatic rings. The lowest BCUT2D eigenvalue weighted by molar-refractivity contribution is -0.122. The minimum Gasteiger partial charge on any atom is -0.312 e. The highest BCUT2D eigenvalue weighted by Gasteiger charge is 2.30. The number of carbonyl (C=O) groups excluding carboxylic acids is 2. The average molecular weight is 369 g/mol. The highest BCUT2D eigenvalue weighted by molar-refractivity contribution is 7.14. The standard InChI is InChI=1S/C20H23N3O2S/c1-13(24)21-20-22-17(12-26-20)15-8-9-18-16(11-15)7-4-10-23(18)19(25)14-5-2-3-6-14/h8-9,11-12,14H,2-7,10H2,1H3,(H,21,22,24). The van der Waals surface area contributed by atoms with E-state index in [1.807, 2.05) is 16.3 Å². The third kappa shape index (κ3) is 3.38. The number of anilines is 2. The molecule has 0 saturated heterocycles. The largest absolute Gasteiger partial charge is 0.312 e. The maximum absolute atomic E-state index is 12.9. The van der Waals surface area contributed by atoms with Crippen LogP contribution in [0, 0.1) is 5.92 Å². The molecule has 136 valence electrons. The van der Waals surface area contributed by atoms with Gasteiger partial charge in [0.05, 0.1) is 5.69 Å². The van der Waals surface area contributed by atoms with Crippen LogP contribution >= 0.6 is 11.3 Å². The van der Waals surface area contributed by atoms with E-state index in [1.54, 1.807) is 0 Å². The summed E-state index contributed by atoms with van der Waals surface area (Å²) < 4.78 is 0. The molecule has 0 bridgehead atoms. The number of nitrogens with zero attached hydrogens (tertiary/aromatic N) is 2. The quantitative estimate of drug-likeness (QED) is 0.880. The van der Waals surface area contributed by atoms with Crippen LogP contribution in [0.4, 0.5) is 10.8 Å². The number of carbonyl (C=O) groups is 2. The van der Waals surface area contributed by atoms with E-state index in [-0.39, 0.29) is 11.8 Å². The smallest absolute Gasteiger partial charge is 0.230 e. The van der Waals surface area contributed by atoms with Crippen LogP contribution in [0.15, 0.2) is 23.6 Å². The fourth-order valence-corrected chi connectivity index (χ4v) is 4.76. The molecular formula is C20H23N3O2S. The minimum atomic E-state index is -0.114. The van der Waals surface area contributed by atoms with E-state index in [9.17, 15) is 9.59 Å². The molecule has 5 nitrogen and oxygen atoms in total. The van der Waals surface area contributed by atoms with E-state index < -0.39 is 0 Å². The maximum Gasteiger partial charge on any atom is 0.230 e. The van der Waals surface area contributed by atoms with Crippen LogP contribution in [0.5, 0.6) is 0 Å². The number of aromatic nitrogens is 1. The summed E-state index contributed by atoms with van der Waals surface area (Å²) in [4.78, 5) is 30.6. The number of benzene rings is 1. The first-order valence-electron chi connectivity index (χ1n) is 9.29. The SMILES string of the molecule is CC(=O)Nc1nc(-c2ccc3c(c2)CCCN3C(=O)C2CCCC2)cs1. The van der Waals surface area contributed by atoms with Gasteiger partial charge in [-0.2, -0.15) is 0 Å². The molecule has 1 aromatic heterocycles. The Bertz CT molecular complexity index is 839. The predicted molar refractivity (Wildman–Crippen MR) is 104 cm³/mol. The van der Waals surface area contributed by atoms with Crippen molar-refractivity contribution in [1.29, 1.82) is 0 Å². The number of hydrogen-bond donors (Lipinski definition) is 1. The van der Waals surface area contributed by atoms with Crippen molar-refractivity contribution in [2.24, 2.45) is 5.92 Å². The summed E-state index contributed by atoms with van der Waals surface area (Å²) in [6.07, 6.45) is 6.41.